The predicted octanol–water partition coefficient (Wildman–Crippen LogP) is 4.02. The largest absolute Gasteiger partial charge is 0.386 e. The van der Waals surface area contributed by atoms with Gasteiger partial charge < -0.3 is 20.2 Å². The summed E-state index contributed by atoms with van der Waals surface area (Å²) in [6.45, 7) is 12.8. The first-order valence-corrected chi connectivity index (χ1v) is 13.5. The molecule has 7 heteroatoms. The Morgan fingerprint density at radius 3 is 2.36 bits per heavy atom. The van der Waals surface area contributed by atoms with Crippen LogP contribution in [-0.4, -0.2) is 64.8 Å². The van der Waals surface area contributed by atoms with E-state index < -0.39 is 12.1 Å². The van der Waals surface area contributed by atoms with E-state index in [2.05, 4.69) is 26.1 Å². The molecule has 0 aliphatic carbocycles. The number of nitrogens with one attached hydrogen (secondary N) is 1. The van der Waals surface area contributed by atoms with Gasteiger partial charge in [0.15, 0.2) is 0 Å². The maximum absolute atomic E-state index is 13.4. The standard InChI is InChI=1S/C29H47N3O4/c1-8-19(2)27(31(7)18-33)20(3)17-26(34)32-16-12-15-25(32)21(4)22(5)29(36)30-23(6)28(35)24-13-10-9-11-14-24/h9-11,13-14,18-23,25,27-28,35H,8,12,15-17H2,1-7H3,(H,30,36). The number of aliphatic hydroxyl groups excluding tert-OH is 1. The Kier molecular flexibility index (Phi) is 11.4. The van der Waals surface area contributed by atoms with Gasteiger partial charge in [0, 0.05) is 38.0 Å². The molecule has 0 aromatic heterocycles. The first-order valence-electron chi connectivity index (χ1n) is 13.5. The molecule has 1 aliphatic rings. The molecule has 0 radical (unpaired) electrons. The van der Waals surface area contributed by atoms with Gasteiger partial charge in [-0.3, -0.25) is 14.4 Å². The first-order chi connectivity index (χ1) is 17.0. The molecule has 7 nitrogen and oxygen atoms in total. The molecule has 0 spiro atoms. The molecule has 1 saturated heterocycles. The van der Waals surface area contributed by atoms with Gasteiger partial charge in [0.25, 0.3) is 0 Å². The molecule has 8 unspecified atom stereocenters. The van der Waals surface area contributed by atoms with Crippen molar-refractivity contribution in [3.05, 3.63) is 35.9 Å². The van der Waals surface area contributed by atoms with Gasteiger partial charge in [-0.1, -0.05) is 71.4 Å². The lowest BCUT2D eigenvalue weighted by Gasteiger charge is -2.37. The van der Waals surface area contributed by atoms with Crippen LogP contribution < -0.4 is 5.32 Å². The molecular weight excluding hydrogens is 454 g/mol. The Morgan fingerprint density at radius 2 is 1.78 bits per heavy atom. The molecule has 1 fully saturated rings. The molecule has 36 heavy (non-hydrogen) atoms. The molecule has 1 aromatic carbocycles. The van der Waals surface area contributed by atoms with Crippen molar-refractivity contribution in [1.29, 1.82) is 0 Å². The minimum Gasteiger partial charge on any atom is -0.386 e. The van der Waals surface area contributed by atoms with Crippen molar-refractivity contribution in [3.8, 4) is 0 Å². The number of amides is 3. The van der Waals surface area contributed by atoms with E-state index in [0.717, 1.165) is 31.2 Å². The summed E-state index contributed by atoms with van der Waals surface area (Å²) in [4.78, 5) is 41.6. The second-order valence-electron chi connectivity index (χ2n) is 10.9. The third-order valence-electron chi connectivity index (χ3n) is 8.36. The highest BCUT2D eigenvalue weighted by Gasteiger charge is 2.38. The highest BCUT2D eigenvalue weighted by molar-refractivity contribution is 5.80. The van der Waals surface area contributed by atoms with Crippen LogP contribution in [0.2, 0.25) is 0 Å². The van der Waals surface area contributed by atoms with Crippen LogP contribution in [0.1, 0.15) is 78.9 Å². The van der Waals surface area contributed by atoms with E-state index in [1.165, 1.54) is 0 Å². The van der Waals surface area contributed by atoms with Crippen LogP contribution in [-0.2, 0) is 14.4 Å². The summed E-state index contributed by atoms with van der Waals surface area (Å²) in [5.41, 5.74) is 0.767. The van der Waals surface area contributed by atoms with Gasteiger partial charge in [-0.25, -0.2) is 0 Å². The maximum atomic E-state index is 13.4. The van der Waals surface area contributed by atoms with E-state index in [4.69, 9.17) is 0 Å². The Balaban J connectivity index is 2.02. The molecule has 8 atom stereocenters. The lowest BCUT2D eigenvalue weighted by Crippen LogP contribution is -2.48. The van der Waals surface area contributed by atoms with E-state index >= 15 is 0 Å². The summed E-state index contributed by atoms with van der Waals surface area (Å²) < 4.78 is 0. The van der Waals surface area contributed by atoms with Crippen molar-refractivity contribution in [2.45, 2.75) is 91.5 Å². The van der Waals surface area contributed by atoms with Crippen LogP contribution >= 0.6 is 0 Å². The van der Waals surface area contributed by atoms with Gasteiger partial charge in [-0.15, -0.1) is 0 Å². The molecule has 0 saturated carbocycles. The SMILES string of the molecule is CCC(C)C(C(C)CC(=O)N1CCCC1C(C)C(C)C(=O)NC(C)C(O)c1ccccc1)N(C)C=O. The summed E-state index contributed by atoms with van der Waals surface area (Å²) in [6.07, 6.45) is 3.20. The van der Waals surface area contributed by atoms with Gasteiger partial charge >= 0.3 is 0 Å². The number of benzene rings is 1. The summed E-state index contributed by atoms with van der Waals surface area (Å²) >= 11 is 0. The molecule has 0 bridgehead atoms. The maximum Gasteiger partial charge on any atom is 0.223 e. The normalized spacial score (nSPS) is 21.6. The van der Waals surface area contributed by atoms with Gasteiger partial charge in [-0.05, 0) is 43.1 Å². The summed E-state index contributed by atoms with van der Waals surface area (Å²) in [5, 5.41) is 13.6. The molecule has 1 heterocycles. The highest BCUT2D eigenvalue weighted by atomic mass is 16.3. The third kappa shape index (κ3) is 7.31. The monoisotopic (exact) mass is 501 g/mol. The van der Waals surface area contributed by atoms with Crippen molar-refractivity contribution < 1.29 is 19.5 Å². The number of carbonyl (C=O) groups excluding carboxylic acids is 3. The van der Waals surface area contributed by atoms with Crippen LogP contribution in [0, 0.1) is 23.7 Å². The summed E-state index contributed by atoms with van der Waals surface area (Å²) in [6, 6.07) is 8.91. The summed E-state index contributed by atoms with van der Waals surface area (Å²) in [7, 11) is 1.79. The average molecular weight is 502 g/mol. The molecule has 2 rings (SSSR count). The number of nitrogens with zero attached hydrogens (tertiary/aromatic N) is 2. The minimum absolute atomic E-state index is 0.00523. The Hall–Kier alpha value is -2.41. The summed E-state index contributed by atoms with van der Waals surface area (Å²) in [5.74, 6) is 0.0108. The fourth-order valence-corrected chi connectivity index (χ4v) is 5.78. The lowest BCUT2D eigenvalue weighted by molar-refractivity contribution is -0.137. The van der Waals surface area contributed by atoms with E-state index in [1.807, 2.05) is 56.0 Å². The van der Waals surface area contributed by atoms with E-state index in [-0.39, 0.29) is 41.7 Å². The molecule has 1 aliphatic heterocycles. The molecular formula is C29H47N3O4. The average Bonchev–Trinajstić information content (AvgIpc) is 3.37. The van der Waals surface area contributed by atoms with Gasteiger partial charge in [0.2, 0.25) is 18.2 Å². The number of carbonyl (C=O) groups is 3. The Morgan fingerprint density at radius 1 is 1.14 bits per heavy atom. The molecule has 2 N–H and O–H groups in total. The number of likely N-dealkylation sites (tertiary alicyclic amines) is 1. The van der Waals surface area contributed by atoms with Crippen LogP contribution in [0.4, 0.5) is 0 Å². The Bertz CT molecular complexity index is 848. The first kappa shape index (κ1) is 29.8. The number of hydrogen-bond acceptors (Lipinski definition) is 4. The van der Waals surface area contributed by atoms with Crippen molar-refractivity contribution >= 4 is 18.2 Å². The van der Waals surface area contributed by atoms with Crippen molar-refractivity contribution in [2.24, 2.45) is 23.7 Å². The van der Waals surface area contributed by atoms with Crippen LogP contribution in [0.5, 0.6) is 0 Å². The second kappa shape index (κ2) is 13.8. The topological polar surface area (TPSA) is 89.9 Å². The number of rotatable bonds is 13. The second-order valence-corrected chi connectivity index (χ2v) is 10.9. The zero-order valence-electron chi connectivity index (χ0n) is 23.2. The van der Waals surface area contributed by atoms with Gasteiger partial charge in [0.1, 0.15) is 0 Å². The molecule has 202 valence electrons. The van der Waals surface area contributed by atoms with Crippen LogP contribution in [0.25, 0.3) is 0 Å². The molecule has 3 amide bonds. The van der Waals surface area contributed by atoms with Gasteiger partial charge in [0.05, 0.1) is 12.1 Å². The zero-order chi connectivity index (χ0) is 27.0. The van der Waals surface area contributed by atoms with Crippen molar-refractivity contribution in [3.63, 3.8) is 0 Å². The van der Waals surface area contributed by atoms with Gasteiger partial charge in [-0.2, -0.15) is 0 Å². The lowest BCUT2D eigenvalue weighted by atomic mass is 9.84. The number of hydrogen-bond donors (Lipinski definition) is 2. The van der Waals surface area contributed by atoms with Crippen molar-refractivity contribution in [1.82, 2.24) is 15.1 Å². The number of aliphatic hydroxyl groups is 1. The minimum atomic E-state index is -0.786. The van der Waals surface area contributed by atoms with E-state index in [1.54, 1.807) is 11.9 Å². The highest BCUT2D eigenvalue weighted by Crippen LogP contribution is 2.31. The third-order valence-corrected chi connectivity index (χ3v) is 8.36. The Labute approximate surface area is 217 Å². The zero-order valence-corrected chi connectivity index (χ0v) is 23.2. The fourth-order valence-electron chi connectivity index (χ4n) is 5.78. The molecule has 1 aromatic rings. The quantitative estimate of drug-likeness (QED) is 0.400. The predicted molar refractivity (Wildman–Crippen MR) is 143 cm³/mol. The van der Waals surface area contributed by atoms with E-state index in [0.29, 0.717) is 18.9 Å². The fraction of sp³-hybridized carbons (Fsp3) is 0.690. The van der Waals surface area contributed by atoms with E-state index in [9.17, 15) is 19.5 Å². The van der Waals surface area contributed by atoms with Crippen LogP contribution in [0.3, 0.4) is 0 Å². The smallest absolute Gasteiger partial charge is 0.223 e. The van der Waals surface area contributed by atoms with Crippen LogP contribution in [0.15, 0.2) is 30.3 Å². The van der Waals surface area contributed by atoms with Crippen molar-refractivity contribution in [2.75, 3.05) is 13.6 Å².